The molecule has 0 spiro atoms. The quantitative estimate of drug-likeness (QED) is 0.765. The van der Waals surface area contributed by atoms with Crippen LogP contribution in [0.1, 0.15) is 30.6 Å². The lowest BCUT2D eigenvalue weighted by molar-refractivity contribution is -0.341. The fourth-order valence-electron chi connectivity index (χ4n) is 7.03. The SMILES string of the molecule is COC(=O)C12COC(C)(O)C3CN4C(CC31)c1c(c3ccccc3n1C)CC42. The molecule has 7 atom stereocenters. The molecule has 4 fully saturated rings. The third kappa shape index (κ3) is 1.74. The highest BCUT2D eigenvalue weighted by Crippen LogP contribution is 2.64. The normalized spacial score (nSPS) is 43.1. The number of fused-ring (bicyclic) bond motifs is 3. The highest BCUT2D eigenvalue weighted by atomic mass is 16.6. The fraction of sp³-hybridized carbons (Fsp3) is 0.591. The van der Waals surface area contributed by atoms with Crippen molar-refractivity contribution in [3.63, 3.8) is 0 Å². The maximum atomic E-state index is 13.2. The molecule has 28 heavy (non-hydrogen) atoms. The van der Waals surface area contributed by atoms with Crippen molar-refractivity contribution < 1.29 is 19.4 Å². The summed E-state index contributed by atoms with van der Waals surface area (Å²) in [7, 11) is 3.63. The minimum absolute atomic E-state index is 0.0503. The Kier molecular flexibility index (Phi) is 3.14. The van der Waals surface area contributed by atoms with Gasteiger partial charge in [-0.3, -0.25) is 9.69 Å². The fourth-order valence-corrected chi connectivity index (χ4v) is 7.03. The van der Waals surface area contributed by atoms with Crippen LogP contribution in [0.5, 0.6) is 0 Å². The van der Waals surface area contributed by atoms with Crippen LogP contribution in [0.15, 0.2) is 24.3 Å². The molecule has 5 aliphatic heterocycles. The van der Waals surface area contributed by atoms with E-state index in [9.17, 15) is 9.90 Å². The minimum Gasteiger partial charge on any atom is -0.468 e. The maximum Gasteiger partial charge on any atom is 0.316 e. The zero-order chi connectivity index (χ0) is 19.4. The lowest BCUT2D eigenvalue weighted by Crippen LogP contribution is -2.77. The van der Waals surface area contributed by atoms with Crippen LogP contribution in [0, 0.1) is 17.3 Å². The average Bonchev–Trinajstić information content (AvgIpc) is 2.98. The van der Waals surface area contributed by atoms with Crippen molar-refractivity contribution in [1.82, 2.24) is 9.47 Å². The molecule has 7 rings (SSSR count). The summed E-state index contributed by atoms with van der Waals surface area (Å²) in [5.74, 6) is -1.40. The van der Waals surface area contributed by atoms with E-state index in [-0.39, 0.29) is 36.5 Å². The van der Waals surface area contributed by atoms with Gasteiger partial charge in [-0.1, -0.05) is 18.2 Å². The number of ether oxygens (including phenoxy) is 2. The van der Waals surface area contributed by atoms with Crippen LogP contribution in [0.4, 0.5) is 0 Å². The predicted octanol–water partition coefficient (Wildman–Crippen LogP) is 1.99. The van der Waals surface area contributed by atoms with Gasteiger partial charge in [-0.15, -0.1) is 0 Å². The van der Waals surface area contributed by atoms with Crippen molar-refractivity contribution in [3.8, 4) is 0 Å². The molecule has 2 aromatic rings. The molecule has 1 aromatic carbocycles. The summed E-state index contributed by atoms with van der Waals surface area (Å²) in [6, 6.07) is 8.87. The van der Waals surface area contributed by atoms with Crippen molar-refractivity contribution in [1.29, 1.82) is 0 Å². The molecular weight excluding hydrogens is 356 g/mol. The van der Waals surface area contributed by atoms with Crippen LogP contribution in [-0.4, -0.2) is 52.6 Å². The molecule has 0 radical (unpaired) electrons. The second kappa shape index (κ2) is 5.17. The number of esters is 1. The van der Waals surface area contributed by atoms with E-state index in [0.29, 0.717) is 0 Å². The van der Waals surface area contributed by atoms with E-state index >= 15 is 0 Å². The summed E-state index contributed by atoms with van der Waals surface area (Å²) >= 11 is 0. The van der Waals surface area contributed by atoms with E-state index in [1.807, 2.05) is 0 Å². The zero-order valence-electron chi connectivity index (χ0n) is 16.5. The molecule has 0 saturated carbocycles. The molecule has 5 aliphatic rings. The van der Waals surface area contributed by atoms with Crippen LogP contribution in [0.25, 0.3) is 10.9 Å². The second-order valence-corrected chi connectivity index (χ2v) is 9.20. The van der Waals surface area contributed by atoms with Crippen LogP contribution < -0.4 is 0 Å². The Balaban J connectivity index is 1.58. The summed E-state index contributed by atoms with van der Waals surface area (Å²) in [5.41, 5.74) is 3.28. The first kappa shape index (κ1) is 17.0. The summed E-state index contributed by atoms with van der Waals surface area (Å²) in [4.78, 5) is 15.6. The molecule has 6 heterocycles. The van der Waals surface area contributed by atoms with Crippen LogP contribution in [0.2, 0.25) is 0 Å². The Morgan fingerprint density at radius 2 is 2.11 bits per heavy atom. The van der Waals surface area contributed by atoms with E-state index in [4.69, 9.17) is 9.47 Å². The van der Waals surface area contributed by atoms with Gasteiger partial charge in [0.25, 0.3) is 0 Å². The van der Waals surface area contributed by atoms with Crippen molar-refractivity contribution >= 4 is 16.9 Å². The van der Waals surface area contributed by atoms with Crippen molar-refractivity contribution in [2.75, 3.05) is 20.3 Å². The lowest BCUT2D eigenvalue weighted by Gasteiger charge is -2.68. The molecule has 4 saturated heterocycles. The molecule has 6 bridgehead atoms. The largest absolute Gasteiger partial charge is 0.468 e. The van der Waals surface area contributed by atoms with Crippen molar-refractivity contribution in [3.05, 3.63) is 35.5 Å². The van der Waals surface area contributed by atoms with Crippen LogP contribution in [0.3, 0.4) is 0 Å². The number of hydrogen-bond donors (Lipinski definition) is 1. The van der Waals surface area contributed by atoms with Gasteiger partial charge in [0.05, 0.1) is 19.8 Å². The van der Waals surface area contributed by atoms with Gasteiger partial charge in [0.15, 0.2) is 5.79 Å². The smallest absolute Gasteiger partial charge is 0.316 e. The third-order valence-electron chi connectivity index (χ3n) is 8.26. The lowest BCUT2D eigenvalue weighted by atomic mass is 9.51. The van der Waals surface area contributed by atoms with E-state index in [1.165, 1.54) is 29.3 Å². The number of aromatic nitrogens is 1. The Bertz CT molecular complexity index is 1010. The highest BCUT2D eigenvalue weighted by molar-refractivity contribution is 5.87. The van der Waals surface area contributed by atoms with Gasteiger partial charge >= 0.3 is 5.97 Å². The van der Waals surface area contributed by atoms with Gasteiger partial charge in [-0.05, 0) is 37.3 Å². The number of carbonyl (C=O) groups excluding carboxylic acids is 1. The van der Waals surface area contributed by atoms with Crippen LogP contribution >= 0.6 is 0 Å². The number of para-hydroxylation sites is 1. The molecule has 148 valence electrons. The second-order valence-electron chi connectivity index (χ2n) is 9.20. The van der Waals surface area contributed by atoms with Crippen molar-refractivity contribution in [2.45, 2.75) is 37.6 Å². The van der Waals surface area contributed by atoms with Crippen molar-refractivity contribution in [2.24, 2.45) is 24.3 Å². The number of hydrogen-bond acceptors (Lipinski definition) is 5. The summed E-state index contributed by atoms with van der Waals surface area (Å²) in [5, 5.41) is 12.2. The summed E-state index contributed by atoms with van der Waals surface area (Å²) in [6.07, 6.45) is 1.67. The van der Waals surface area contributed by atoms with Gasteiger partial charge < -0.3 is 19.1 Å². The number of nitrogens with zero attached hydrogens (tertiary/aromatic N) is 2. The third-order valence-corrected chi connectivity index (χ3v) is 8.26. The Morgan fingerprint density at radius 1 is 1.32 bits per heavy atom. The predicted molar refractivity (Wildman–Crippen MR) is 102 cm³/mol. The highest BCUT2D eigenvalue weighted by Gasteiger charge is 2.71. The summed E-state index contributed by atoms with van der Waals surface area (Å²) in [6.45, 7) is 2.73. The number of methoxy groups -OCH3 is 1. The molecule has 6 nitrogen and oxygen atoms in total. The number of carbonyl (C=O) groups is 1. The molecule has 1 N–H and O–H groups in total. The van der Waals surface area contributed by atoms with E-state index in [2.05, 4.69) is 40.8 Å². The first-order valence-electron chi connectivity index (χ1n) is 10.2. The number of aliphatic hydroxyl groups is 1. The number of aryl methyl sites for hydroxylation is 1. The summed E-state index contributed by atoms with van der Waals surface area (Å²) < 4.78 is 13.6. The van der Waals surface area contributed by atoms with Gasteiger partial charge in [-0.25, -0.2) is 0 Å². The maximum absolute atomic E-state index is 13.2. The molecule has 1 aromatic heterocycles. The topological polar surface area (TPSA) is 63.9 Å². The molecule has 0 aliphatic carbocycles. The Hall–Kier alpha value is -1.89. The van der Waals surface area contributed by atoms with E-state index in [0.717, 1.165) is 19.4 Å². The average molecular weight is 382 g/mol. The Labute approximate surface area is 164 Å². The number of piperidine rings is 3. The van der Waals surface area contributed by atoms with Gasteiger partial charge in [0, 0.05) is 42.1 Å². The molecule has 6 heteroatoms. The van der Waals surface area contributed by atoms with E-state index in [1.54, 1.807) is 6.92 Å². The standard InChI is InChI=1S/C22H26N2O4/c1-21(26)15-10-24-17-9-14(15)22(11-28-21,20(25)27-3)18(24)8-13-12-6-4-5-7-16(12)23(2)19(13)17/h4-7,14-15,17-18,26H,8-11H2,1-3H3. The van der Waals surface area contributed by atoms with Gasteiger partial charge in [-0.2, -0.15) is 0 Å². The van der Waals surface area contributed by atoms with Crippen LogP contribution in [-0.2, 0) is 27.7 Å². The molecule has 0 amide bonds. The molecule has 7 unspecified atom stereocenters. The van der Waals surface area contributed by atoms with E-state index < -0.39 is 11.2 Å². The Morgan fingerprint density at radius 3 is 2.89 bits per heavy atom. The molecular formula is C22H26N2O4. The monoisotopic (exact) mass is 382 g/mol. The van der Waals surface area contributed by atoms with Gasteiger partial charge in [0.2, 0.25) is 0 Å². The number of benzene rings is 1. The van der Waals surface area contributed by atoms with Gasteiger partial charge in [0.1, 0.15) is 5.41 Å². The minimum atomic E-state index is -1.20. The zero-order valence-corrected chi connectivity index (χ0v) is 16.5. The first-order valence-corrected chi connectivity index (χ1v) is 10.2. The first-order chi connectivity index (χ1) is 13.4. The number of rotatable bonds is 1.